The van der Waals surface area contributed by atoms with E-state index in [1.165, 1.54) is 24.4 Å². The number of pyridine rings is 1. The Hall–Kier alpha value is -1.54. The molecule has 0 saturated carbocycles. The molecule has 3 nitrogen and oxygen atoms in total. The van der Waals surface area contributed by atoms with Gasteiger partial charge >= 0.3 is 0 Å². The van der Waals surface area contributed by atoms with Crippen molar-refractivity contribution in [3.8, 4) is 0 Å². The zero-order valence-corrected chi connectivity index (χ0v) is 4.91. The zero-order chi connectivity index (χ0) is 7.40. The predicted molar refractivity (Wildman–Crippen MR) is 32.0 cm³/mol. The first kappa shape index (κ1) is 6.58. The molecule has 0 aliphatic heterocycles. The van der Waals surface area contributed by atoms with E-state index in [-0.39, 0.29) is 5.69 Å². The molecule has 0 fully saturated rings. The number of isocyanates is 1. The Bertz CT molecular complexity index is 281. The van der Waals surface area contributed by atoms with Gasteiger partial charge in [0.25, 0.3) is 0 Å². The van der Waals surface area contributed by atoms with Crippen LogP contribution in [0.25, 0.3) is 0 Å². The third-order valence-corrected chi connectivity index (χ3v) is 0.905. The standard InChI is InChI=1S/C6H3FN2O/c7-6-5(9-4-10)2-1-3-8-6/h1-3H. The maximum atomic E-state index is 12.4. The van der Waals surface area contributed by atoms with Gasteiger partial charge in [-0.25, -0.2) is 9.78 Å². The van der Waals surface area contributed by atoms with Crippen LogP contribution in [-0.4, -0.2) is 11.1 Å². The van der Waals surface area contributed by atoms with Gasteiger partial charge in [-0.15, -0.1) is 0 Å². The molecule has 0 aliphatic rings. The highest BCUT2D eigenvalue weighted by Crippen LogP contribution is 2.11. The van der Waals surface area contributed by atoms with Crippen molar-refractivity contribution in [3.63, 3.8) is 0 Å². The Balaban J connectivity index is 3.14. The Morgan fingerprint density at radius 3 is 3.10 bits per heavy atom. The number of halogens is 1. The Morgan fingerprint density at radius 2 is 2.50 bits per heavy atom. The lowest BCUT2D eigenvalue weighted by molar-refractivity contribution is 0.562. The summed E-state index contributed by atoms with van der Waals surface area (Å²) in [7, 11) is 0. The molecule has 10 heavy (non-hydrogen) atoms. The summed E-state index contributed by atoms with van der Waals surface area (Å²) in [5, 5.41) is 0. The molecule has 1 aromatic rings. The molecule has 1 aromatic heterocycles. The molecule has 0 radical (unpaired) electrons. The summed E-state index contributed by atoms with van der Waals surface area (Å²) in [6.07, 6.45) is 2.50. The molecule has 0 saturated heterocycles. The van der Waals surface area contributed by atoms with Gasteiger partial charge in [-0.3, -0.25) is 0 Å². The van der Waals surface area contributed by atoms with Gasteiger partial charge in [-0.2, -0.15) is 9.38 Å². The molecule has 4 heteroatoms. The summed E-state index contributed by atoms with van der Waals surface area (Å²) in [6, 6.07) is 2.83. The quantitative estimate of drug-likeness (QED) is 0.332. The Kier molecular flexibility index (Phi) is 1.87. The van der Waals surface area contributed by atoms with Gasteiger partial charge in [-0.05, 0) is 12.1 Å². The molecule has 1 rings (SSSR count). The monoisotopic (exact) mass is 138 g/mol. The molecular weight excluding hydrogens is 135 g/mol. The van der Waals surface area contributed by atoms with Crippen molar-refractivity contribution >= 4 is 11.8 Å². The molecule has 0 unspecified atom stereocenters. The first-order chi connectivity index (χ1) is 4.84. The van der Waals surface area contributed by atoms with Gasteiger partial charge in [-0.1, -0.05) is 0 Å². The lowest BCUT2D eigenvalue weighted by atomic mass is 10.4. The van der Waals surface area contributed by atoms with Gasteiger partial charge in [0.2, 0.25) is 12.0 Å². The molecule has 0 bridgehead atoms. The first-order valence-electron chi connectivity index (χ1n) is 2.53. The highest BCUT2D eigenvalue weighted by Gasteiger charge is 1.96. The molecule has 0 N–H and O–H groups in total. The van der Waals surface area contributed by atoms with E-state index in [9.17, 15) is 9.18 Å². The number of nitrogens with zero attached hydrogens (tertiary/aromatic N) is 2. The average Bonchev–Trinajstić information content (AvgIpc) is 1.94. The van der Waals surface area contributed by atoms with E-state index in [1.54, 1.807) is 0 Å². The van der Waals surface area contributed by atoms with Crippen molar-refractivity contribution in [3.05, 3.63) is 24.3 Å². The highest BCUT2D eigenvalue weighted by molar-refractivity contribution is 5.47. The molecule has 0 amide bonds. The number of aliphatic imine (C=N–C) groups is 1. The lowest BCUT2D eigenvalue weighted by Gasteiger charge is -1.88. The summed E-state index contributed by atoms with van der Waals surface area (Å²) in [5.41, 5.74) is -0.0856. The predicted octanol–water partition coefficient (Wildman–Crippen LogP) is 1.19. The first-order valence-corrected chi connectivity index (χ1v) is 2.53. The molecule has 0 aliphatic carbocycles. The minimum absolute atomic E-state index is 0.0856. The number of hydrogen-bond acceptors (Lipinski definition) is 3. The van der Waals surface area contributed by atoms with E-state index in [1.807, 2.05) is 0 Å². The fraction of sp³-hybridized carbons (Fsp3) is 0. The van der Waals surface area contributed by atoms with Gasteiger partial charge in [0.05, 0.1) is 0 Å². The molecule has 0 atom stereocenters. The zero-order valence-electron chi connectivity index (χ0n) is 4.91. The van der Waals surface area contributed by atoms with Crippen LogP contribution < -0.4 is 0 Å². The summed E-state index contributed by atoms with van der Waals surface area (Å²) >= 11 is 0. The Morgan fingerprint density at radius 1 is 1.70 bits per heavy atom. The van der Waals surface area contributed by atoms with E-state index in [2.05, 4.69) is 9.98 Å². The van der Waals surface area contributed by atoms with Crippen molar-refractivity contribution < 1.29 is 9.18 Å². The second-order valence-corrected chi connectivity index (χ2v) is 1.52. The average molecular weight is 138 g/mol. The molecule has 0 aromatic carbocycles. The second-order valence-electron chi connectivity index (χ2n) is 1.52. The third kappa shape index (κ3) is 1.24. The van der Waals surface area contributed by atoms with Crippen molar-refractivity contribution in [2.75, 3.05) is 0 Å². The van der Waals surface area contributed by atoms with E-state index < -0.39 is 5.95 Å². The third-order valence-electron chi connectivity index (χ3n) is 0.905. The number of aromatic nitrogens is 1. The van der Waals surface area contributed by atoms with Gasteiger partial charge in [0.15, 0.2) is 0 Å². The van der Waals surface area contributed by atoms with E-state index >= 15 is 0 Å². The maximum absolute atomic E-state index is 12.4. The molecule has 50 valence electrons. The molecular formula is C6H3FN2O. The minimum Gasteiger partial charge on any atom is -0.226 e. The fourth-order valence-electron chi connectivity index (χ4n) is 0.510. The van der Waals surface area contributed by atoms with Gasteiger partial charge in [0, 0.05) is 6.20 Å². The van der Waals surface area contributed by atoms with Crippen LogP contribution in [-0.2, 0) is 4.79 Å². The van der Waals surface area contributed by atoms with Crippen LogP contribution in [0.5, 0.6) is 0 Å². The summed E-state index contributed by atoms with van der Waals surface area (Å²) in [4.78, 5) is 16.0. The van der Waals surface area contributed by atoms with E-state index in [4.69, 9.17) is 0 Å². The smallest absolute Gasteiger partial charge is 0.226 e. The fourth-order valence-corrected chi connectivity index (χ4v) is 0.510. The summed E-state index contributed by atoms with van der Waals surface area (Å²) < 4.78 is 12.4. The SMILES string of the molecule is O=C=Nc1cccnc1F. The van der Waals surface area contributed by atoms with E-state index in [0.29, 0.717) is 0 Å². The van der Waals surface area contributed by atoms with E-state index in [0.717, 1.165) is 0 Å². The second kappa shape index (κ2) is 2.85. The topological polar surface area (TPSA) is 42.3 Å². The lowest BCUT2D eigenvalue weighted by Crippen LogP contribution is -1.79. The Labute approximate surface area is 56.2 Å². The van der Waals surface area contributed by atoms with Crippen molar-refractivity contribution in [2.24, 2.45) is 4.99 Å². The number of carbonyl (C=O) groups excluding carboxylic acids is 1. The number of rotatable bonds is 1. The van der Waals surface area contributed by atoms with Crippen LogP contribution in [0.2, 0.25) is 0 Å². The molecule has 1 heterocycles. The maximum Gasteiger partial charge on any atom is 0.240 e. The van der Waals surface area contributed by atoms with Gasteiger partial charge in [0.1, 0.15) is 5.69 Å². The van der Waals surface area contributed by atoms with Crippen molar-refractivity contribution in [2.45, 2.75) is 0 Å². The van der Waals surface area contributed by atoms with Gasteiger partial charge < -0.3 is 0 Å². The minimum atomic E-state index is -0.758. The van der Waals surface area contributed by atoms with Crippen LogP contribution in [0.4, 0.5) is 10.1 Å². The van der Waals surface area contributed by atoms with Crippen LogP contribution in [0, 0.1) is 5.95 Å². The normalized spacial score (nSPS) is 8.50. The summed E-state index contributed by atoms with van der Waals surface area (Å²) in [6.45, 7) is 0. The molecule has 0 spiro atoms. The van der Waals surface area contributed by atoms with Crippen LogP contribution in [0.3, 0.4) is 0 Å². The highest BCUT2D eigenvalue weighted by atomic mass is 19.1. The van der Waals surface area contributed by atoms with Crippen LogP contribution >= 0.6 is 0 Å². The summed E-state index contributed by atoms with van der Waals surface area (Å²) in [5.74, 6) is -0.758. The van der Waals surface area contributed by atoms with Crippen molar-refractivity contribution in [1.82, 2.24) is 4.98 Å². The van der Waals surface area contributed by atoms with Crippen molar-refractivity contribution in [1.29, 1.82) is 0 Å². The van der Waals surface area contributed by atoms with Crippen LogP contribution in [0.15, 0.2) is 23.3 Å². The van der Waals surface area contributed by atoms with Crippen LogP contribution in [0.1, 0.15) is 0 Å². The number of hydrogen-bond donors (Lipinski definition) is 0. The largest absolute Gasteiger partial charge is 0.240 e.